The van der Waals surface area contributed by atoms with Crippen molar-refractivity contribution in [2.75, 3.05) is 18.8 Å². The molecule has 0 atom stereocenters. The molecular weight excluding hydrogens is 246 g/mol. The Morgan fingerprint density at radius 3 is 2.61 bits per heavy atom. The summed E-state index contributed by atoms with van der Waals surface area (Å²) in [5.74, 6) is 1.16. The van der Waals surface area contributed by atoms with Crippen molar-refractivity contribution >= 4 is 22.8 Å². The van der Waals surface area contributed by atoms with Crippen LogP contribution >= 0.6 is 11.8 Å². The van der Waals surface area contributed by atoms with Crippen LogP contribution in [0.1, 0.15) is 41.0 Å². The number of carbonyl (C=O) groups is 1. The third-order valence-electron chi connectivity index (χ3n) is 2.39. The van der Waals surface area contributed by atoms with E-state index in [0.29, 0.717) is 18.4 Å². The van der Waals surface area contributed by atoms with Crippen LogP contribution in [0.3, 0.4) is 0 Å². The fraction of sp³-hybridized carbons (Fsp3) is 0.846. The van der Waals surface area contributed by atoms with Gasteiger partial charge in [0.25, 0.3) is 0 Å². The topological polar surface area (TPSA) is 53.5 Å². The van der Waals surface area contributed by atoms with Crippen LogP contribution in [0.5, 0.6) is 0 Å². The molecule has 1 rings (SSSR count). The summed E-state index contributed by atoms with van der Waals surface area (Å²) in [6, 6.07) is 0. The highest BCUT2D eigenvalue weighted by atomic mass is 32.2. The van der Waals surface area contributed by atoms with Crippen molar-refractivity contribution < 1.29 is 4.79 Å². The lowest BCUT2D eigenvalue weighted by molar-refractivity contribution is -0.122. The standard InChI is InChI=1S/C13H25N3OS/c1-12(2,3)16-10(17)6-7-14-11-15-8-13(4,5)9-18-11/h6-9H2,1-5H3,(H,14,15)(H,16,17). The monoisotopic (exact) mass is 271 g/mol. The van der Waals surface area contributed by atoms with E-state index < -0.39 is 0 Å². The zero-order valence-corrected chi connectivity index (χ0v) is 12.9. The summed E-state index contributed by atoms with van der Waals surface area (Å²) in [7, 11) is 0. The largest absolute Gasteiger partial charge is 0.364 e. The molecule has 104 valence electrons. The van der Waals surface area contributed by atoms with Gasteiger partial charge >= 0.3 is 0 Å². The quantitative estimate of drug-likeness (QED) is 0.825. The van der Waals surface area contributed by atoms with Crippen molar-refractivity contribution in [1.82, 2.24) is 10.6 Å². The summed E-state index contributed by atoms with van der Waals surface area (Å²) in [5.41, 5.74) is 0.137. The zero-order chi connectivity index (χ0) is 13.8. The van der Waals surface area contributed by atoms with E-state index in [9.17, 15) is 4.79 Å². The van der Waals surface area contributed by atoms with E-state index in [1.807, 2.05) is 20.8 Å². The molecule has 18 heavy (non-hydrogen) atoms. The summed E-state index contributed by atoms with van der Waals surface area (Å²) in [5, 5.41) is 7.14. The zero-order valence-electron chi connectivity index (χ0n) is 12.1. The SMILES string of the molecule is CC1(C)CN=C(NCCC(=O)NC(C)(C)C)SC1. The maximum absolute atomic E-state index is 11.6. The number of rotatable bonds is 3. The van der Waals surface area contributed by atoms with Gasteiger partial charge in [-0.1, -0.05) is 25.6 Å². The van der Waals surface area contributed by atoms with Gasteiger partial charge in [0.1, 0.15) is 0 Å². The van der Waals surface area contributed by atoms with Crippen LogP contribution in [-0.2, 0) is 4.79 Å². The average molecular weight is 271 g/mol. The van der Waals surface area contributed by atoms with Gasteiger partial charge in [0.2, 0.25) is 5.91 Å². The summed E-state index contributed by atoms with van der Waals surface area (Å²) < 4.78 is 0. The number of thioether (sulfide) groups is 1. The molecule has 0 aromatic heterocycles. The van der Waals surface area contributed by atoms with Gasteiger partial charge in [-0.05, 0) is 26.2 Å². The van der Waals surface area contributed by atoms with Crippen LogP contribution in [0.4, 0.5) is 0 Å². The molecule has 2 N–H and O–H groups in total. The molecule has 0 aliphatic carbocycles. The van der Waals surface area contributed by atoms with Gasteiger partial charge in [0.15, 0.2) is 5.17 Å². The van der Waals surface area contributed by atoms with Crippen LogP contribution in [0.25, 0.3) is 0 Å². The third kappa shape index (κ3) is 6.28. The second kappa shape index (κ2) is 5.95. The molecule has 0 radical (unpaired) electrons. The average Bonchev–Trinajstić information content (AvgIpc) is 2.18. The normalized spacial score (nSPS) is 19.1. The summed E-state index contributed by atoms with van der Waals surface area (Å²) in [4.78, 5) is 16.1. The minimum Gasteiger partial charge on any atom is -0.364 e. The molecule has 0 saturated heterocycles. The van der Waals surface area contributed by atoms with E-state index in [0.717, 1.165) is 17.5 Å². The Balaban J connectivity index is 2.23. The van der Waals surface area contributed by atoms with E-state index in [1.54, 1.807) is 11.8 Å². The van der Waals surface area contributed by atoms with Crippen LogP contribution < -0.4 is 10.6 Å². The Morgan fingerprint density at radius 2 is 2.11 bits per heavy atom. The van der Waals surface area contributed by atoms with Gasteiger partial charge < -0.3 is 10.6 Å². The number of amidine groups is 1. The van der Waals surface area contributed by atoms with E-state index in [-0.39, 0.29) is 11.4 Å². The minimum atomic E-state index is -0.155. The second-order valence-electron chi connectivity index (χ2n) is 6.55. The Labute approximate surface area is 114 Å². The van der Waals surface area contributed by atoms with Gasteiger partial charge in [-0.3, -0.25) is 9.79 Å². The first kappa shape index (κ1) is 15.3. The van der Waals surface area contributed by atoms with Gasteiger partial charge in [0, 0.05) is 30.8 Å². The Hall–Kier alpha value is -0.710. The lowest BCUT2D eigenvalue weighted by Crippen LogP contribution is -2.42. The highest BCUT2D eigenvalue weighted by Gasteiger charge is 2.23. The number of nitrogens with zero attached hydrogens (tertiary/aromatic N) is 1. The number of hydrogen-bond acceptors (Lipinski definition) is 4. The Bertz CT molecular complexity index is 332. The van der Waals surface area contributed by atoms with E-state index in [4.69, 9.17) is 0 Å². The molecule has 4 nitrogen and oxygen atoms in total. The smallest absolute Gasteiger partial charge is 0.222 e. The van der Waals surface area contributed by atoms with Gasteiger partial charge in [-0.15, -0.1) is 0 Å². The molecular formula is C13H25N3OS. The predicted molar refractivity (Wildman–Crippen MR) is 79.1 cm³/mol. The maximum atomic E-state index is 11.6. The molecule has 0 bridgehead atoms. The second-order valence-corrected chi connectivity index (χ2v) is 7.51. The van der Waals surface area contributed by atoms with Crippen molar-refractivity contribution in [1.29, 1.82) is 0 Å². The van der Waals surface area contributed by atoms with Crippen LogP contribution in [-0.4, -0.2) is 35.5 Å². The molecule has 0 unspecified atom stereocenters. The van der Waals surface area contributed by atoms with Gasteiger partial charge in [0.05, 0.1) is 0 Å². The lowest BCUT2D eigenvalue weighted by Gasteiger charge is -2.27. The summed E-state index contributed by atoms with van der Waals surface area (Å²) in [6.45, 7) is 11.9. The van der Waals surface area contributed by atoms with Crippen LogP contribution in [0, 0.1) is 5.41 Å². The van der Waals surface area contributed by atoms with Crippen molar-refractivity contribution in [3.63, 3.8) is 0 Å². The fourth-order valence-corrected chi connectivity index (χ4v) is 2.49. The molecule has 0 aromatic carbocycles. The predicted octanol–water partition coefficient (Wildman–Crippen LogP) is 2.01. The summed E-state index contributed by atoms with van der Waals surface area (Å²) >= 11 is 1.74. The van der Waals surface area contributed by atoms with E-state index in [1.165, 1.54) is 0 Å². The van der Waals surface area contributed by atoms with Gasteiger partial charge in [-0.25, -0.2) is 0 Å². The first-order chi connectivity index (χ1) is 8.18. The third-order valence-corrected chi connectivity index (χ3v) is 3.87. The Kier molecular flexibility index (Phi) is 5.08. The fourth-order valence-electron chi connectivity index (χ4n) is 1.51. The summed E-state index contributed by atoms with van der Waals surface area (Å²) in [6.07, 6.45) is 0.486. The molecule has 1 aliphatic rings. The van der Waals surface area contributed by atoms with Gasteiger partial charge in [-0.2, -0.15) is 0 Å². The van der Waals surface area contributed by atoms with Crippen molar-refractivity contribution in [2.45, 2.75) is 46.6 Å². The minimum absolute atomic E-state index is 0.0803. The van der Waals surface area contributed by atoms with Crippen molar-refractivity contribution in [3.05, 3.63) is 0 Å². The van der Waals surface area contributed by atoms with E-state index in [2.05, 4.69) is 29.5 Å². The molecule has 5 heteroatoms. The lowest BCUT2D eigenvalue weighted by atomic mass is 9.97. The Morgan fingerprint density at radius 1 is 1.44 bits per heavy atom. The molecule has 0 aromatic rings. The van der Waals surface area contributed by atoms with Crippen LogP contribution in [0.2, 0.25) is 0 Å². The first-order valence-electron chi connectivity index (χ1n) is 6.40. The number of aliphatic imine (C=N–C) groups is 1. The molecule has 1 aliphatic heterocycles. The molecule has 1 heterocycles. The highest BCUT2D eigenvalue weighted by Crippen LogP contribution is 2.26. The molecule has 0 spiro atoms. The molecule has 0 saturated carbocycles. The maximum Gasteiger partial charge on any atom is 0.222 e. The van der Waals surface area contributed by atoms with Crippen molar-refractivity contribution in [2.24, 2.45) is 10.4 Å². The van der Waals surface area contributed by atoms with Crippen molar-refractivity contribution in [3.8, 4) is 0 Å². The number of carbonyl (C=O) groups excluding carboxylic acids is 1. The first-order valence-corrected chi connectivity index (χ1v) is 7.39. The highest BCUT2D eigenvalue weighted by molar-refractivity contribution is 8.13. The van der Waals surface area contributed by atoms with E-state index >= 15 is 0 Å². The van der Waals surface area contributed by atoms with Crippen LogP contribution in [0.15, 0.2) is 4.99 Å². The molecule has 1 amide bonds. The molecule has 0 fully saturated rings. The number of nitrogens with one attached hydrogen (secondary N) is 2. The number of amides is 1. The number of hydrogen-bond donors (Lipinski definition) is 2.